The Hall–Kier alpha value is -4.74. The summed E-state index contributed by atoms with van der Waals surface area (Å²) in [5.74, 6) is -1.10. The number of hydrogen-bond acceptors (Lipinski definition) is 6. The average molecular weight is 606 g/mol. The van der Waals surface area contributed by atoms with Crippen LogP contribution in [0.1, 0.15) is 23.6 Å². The van der Waals surface area contributed by atoms with Gasteiger partial charge in [0.1, 0.15) is 17.6 Å². The molecule has 0 aromatic heterocycles. The van der Waals surface area contributed by atoms with Crippen molar-refractivity contribution in [2.24, 2.45) is 0 Å². The molecule has 0 fully saturated rings. The highest BCUT2D eigenvalue weighted by molar-refractivity contribution is 7.92. The van der Waals surface area contributed by atoms with E-state index in [1.165, 1.54) is 41.3 Å². The molecule has 11 heteroatoms. The van der Waals surface area contributed by atoms with E-state index in [-0.39, 0.29) is 36.0 Å². The summed E-state index contributed by atoms with van der Waals surface area (Å²) in [6.45, 7) is -0.130. The first-order valence-electron chi connectivity index (χ1n) is 13.5. The molecule has 0 heterocycles. The fourth-order valence-corrected chi connectivity index (χ4v) is 5.33. The second kappa shape index (κ2) is 14.9. The fraction of sp³-hybridized carbons (Fsp3) is 0.188. The van der Waals surface area contributed by atoms with Crippen molar-refractivity contribution in [1.82, 2.24) is 10.2 Å². The van der Waals surface area contributed by atoms with Gasteiger partial charge in [0, 0.05) is 25.4 Å². The Balaban J connectivity index is 1.52. The van der Waals surface area contributed by atoms with Crippen molar-refractivity contribution in [3.63, 3.8) is 0 Å². The number of amides is 2. The normalized spacial score (nSPS) is 11.8. The Kier molecular flexibility index (Phi) is 10.8. The summed E-state index contributed by atoms with van der Waals surface area (Å²) in [6, 6.07) is 27.6. The van der Waals surface area contributed by atoms with Crippen LogP contribution in [0.4, 0.5) is 10.1 Å². The number of rotatable bonds is 14. The molecular weight excluding hydrogens is 573 g/mol. The summed E-state index contributed by atoms with van der Waals surface area (Å²) in [4.78, 5) is 28.5. The van der Waals surface area contributed by atoms with Gasteiger partial charge < -0.3 is 20.1 Å². The maximum atomic E-state index is 13.7. The van der Waals surface area contributed by atoms with E-state index >= 15 is 0 Å². The molecule has 0 aliphatic heterocycles. The van der Waals surface area contributed by atoms with E-state index in [0.29, 0.717) is 12.0 Å². The number of carbonyl (C=O) groups excluding carboxylic acids is 2. The van der Waals surface area contributed by atoms with E-state index in [1.807, 2.05) is 36.4 Å². The Morgan fingerprint density at radius 2 is 1.49 bits per heavy atom. The lowest BCUT2D eigenvalue weighted by Crippen LogP contribution is -2.45. The molecule has 0 saturated heterocycles. The number of nitrogens with one attached hydrogen (secondary N) is 2. The third-order valence-electron chi connectivity index (χ3n) is 6.42. The molecule has 43 heavy (non-hydrogen) atoms. The number of benzene rings is 4. The highest BCUT2D eigenvalue weighted by Gasteiger charge is 2.31. The quantitative estimate of drug-likeness (QED) is 0.184. The molecule has 0 bridgehead atoms. The summed E-state index contributed by atoms with van der Waals surface area (Å²) in [6.07, 6.45) is 0.369. The molecule has 4 aromatic rings. The van der Waals surface area contributed by atoms with Crippen LogP contribution in [0.25, 0.3) is 0 Å². The zero-order valence-electron chi connectivity index (χ0n) is 23.2. The van der Waals surface area contributed by atoms with E-state index in [4.69, 9.17) is 9.84 Å². The SMILES string of the molecule is O=C(NCCCO)C(c1ccccc1)N(Cc1ccccc1)C(=O)COc1ccc(S(=O)(=O)Nc2ccc(F)cc2)cc1. The number of sulfonamides is 1. The van der Waals surface area contributed by atoms with Crippen LogP contribution in [-0.2, 0) is 26.2 Å². The maximum Gasteiger partial charge on any atom is 0.261 e. The minimum Gasteiger partial charge on any atom is -0.484 e. The average Bonchev–Trinajstić information content (AvgIpc) is 3.02. The third kappa shape index (κ3) is 8.87. The molecule has 1 unspecified atom stereocenters. The highest BCUT2D eigenvalue weighted by Crippen LogP contribution is 2.25. The number of halogens is 1. The van der Waals surface area contributed by atoms with Gasteiger partial charge in [-0.25, -0.2) is 12.8 Å². The Morgan fingerprint density at radius 3 is 2.12 bits per heavy atom. The Labute approximate surface area is 250 Å². The van der Waals surface area contributed by atoms with Gasteiger partial charge in [0.05, 0.1) is 4.90 Å². The zero-order valence-corrected chi connectivity index (χ0v) is 24.0. The molecular formula is C32H32FN3O6S. The van der Waals surface area contributed by atoms with Crippen molar-refractivity contribution in [2.45, 2.75) is 23.9 Å². The number of hydrogen-bond donors (Lipinski definition) is 3. The second-order valence-electron chi connectivity index (χ2n) is 9.56. The Bertz CT molecular complexity index is 1590. The zero-order chi connectivity index (χ0) is 30.7. The van der Waals surface area contributed by atoms with Crippen molar-refractivity contribution in [3.05, 3.63) is 126 Å². The van der Waals surface area contributed by atoms with E-state index in [2.05, 4.69) is 10.0 Å². The lowest BCUT2D eigenvalue weighted by Gasteiger charge is -2.31. The number of ether oxygens (including phenoxy) is 1. The second-order valence-corrected chi connectivity index (χ2v) is 11.2. The Morgan fingerprint density at radius 1 is 0.860 bits per heavy atom. The van der Waals surface area contributed by atoms with E-state index in [0.717, 1.165) is 17.7 Å². The van der Waals surface area contributed by atoms with E-state index in [9.17, 15) is 22.4 Å². The predicted molar refractivity (Wildman–Crippen MR) is 160 cm³/mol. The third-order valence-corrected chi connectivity index (χ3v) is 7.82. The largest absolute Gasteiger partial charge is 0.484 e. The minimum atomic E-state index is -3.95. The number of anilines is 1. The minimum absolute atomic E-state index is 0.0510. The van der Waals surface area contributed by atoms with Crippen LogP contribution in [0.3, 0.4) is 0 Å². The molecule has 3 N–H and O–H groups in total. The van der Waals surface area contributed by atoms with Gasteiger partial charge in [0.15, 0.2) is 6.61 Å². The first-order chi connectivity index (χ1) is 20.8. The number of aliphatic hydroxyl groups is 1. The monoisotopic (exact) mass is 605 g/mol. The van der Waals surface area contributed by atoms with Crippen molar-refractivity contribution in [2.75, 3.05) is 24.5 Å². The molecule has 1 atom stereocenters. The molecule has 224 valence electrons. The van der Waals surface area contributed by atoms with Crippen LogP contribution in [0.15, 0.2) is 114 Å². The fourth-order valence-electron chi connectivity index (χ4n) is 4.27. The molecule has 4 rings (SSSR count). The van der Waals surface area contributed by atoms with Gasteiger partial charge in [0.25, 0.3) is 15.9 Å². The maximum absolute atomic E-state index is 13.7. The molecule has 4 aromatic carbocycles. The van der Waals surface area contributed by atoms with Crippen LogP contribution < -0.4 is 14.8 Å². The van der Waals surface area contributed by atoms with Crippen LogP contribution >= 0.6 is 0 Å². The summed E-state index contributed by atoms with van der Waals surface area (Å²) < 4.78 is 46.8. The van der Waals surface area contributed by atoms with Gasteiger partial charge in [-0.2, -0.15) is 0 Å². The topological polar surface area (TPSA) is 125 Å². The van der Waals surface area contributed by atoms with Crippen LogP contribution in [-0.4, -0.2) is 50.0 Å². The van der Waals surface area contributed by atoms with Crippen LogP contribution in [0.5, 0.6) is 5.75 Å². The smallest absolute Gasteiger partial charge is 0.261 e. The lowest BCUT2D eigenvalue weighted by molar-refractivity contribution is -0.143. The van der Waals surface area contributed by atoms with Crippen molar-refractivity contribution >= 4 is 27.5 Å². The van der Waals surface area contributed by atoms with Crippen molar-refractivity contribution < 1.29 is 32.2 Å². The molecule has 0 aliphatic carbocycles. The highest BCUT2D eigenvalue weighted by atomic mass is 32.2. The lowest BCUT2D eigenvalue weighted by atomic mass is 10.0. The van der Waals surface area contributed by atoms with Crippen molar-refractivity contribution in [3.8, 4) is 5.75 Å². The summed E-state index contributed by atoms with van der Waals surface area (Å²) in [5.41, 5.74) is 1.62. The molecule has 2 amide bonds. The first-order valence-corrected chi connectivity index (χ1v) is 15.0. The van der Waals surface area contributed by atoms with Crippen LogP contribution in [0.2, 0.25) is 0 Å². The summed E-state index contributed by atoms with van der Waals surface area (Å²) in [7, 11) is -3.95. The van der Waals surface area contributed by atoms with Crippen molar-refractivity contribution in [1.29, 1.82) is 0 Å². The van der Waals surface area contributed by atoms with Gasteiger partial charge >= 0.3 is 0 Å². The number of aliphatic hydroxyl groups excluding tert-OH is 1. The van der Waals surface area contributed by atoms with Gasteiger partial charge in [-0.1, -0.05) is 60.7 Å². The van der Waals surface area contributed by atoms with Crippen LogP contribution in [0, 0.1) is 5.82 Å². The number of nitrogens with zero attached hydrogens (tertiary/aromatic N) is 1. The summed E-state index contributed by atoms with van der Waals surface area (Å²) in [5, 5.41) is 12.0. The van der Waals surface area contributed by atoms with Gasteiger partial charge in [-0.15, -0.1) is 0 Å². The molecule has 0 radical (unpaired) electrons. The van der Waals surface area contributed by atoms with Gasteiger partial charge in [0.2, 0.25) is 5.91 Å². The van der Waals surface area contributed by atoms with E-state index < -0.39 is 40.3 Å². The predicted octanol–water partition coefficient (Wildman–Crippen LogP) is 4.27. The van der Waals surface area contributed by atoms with Gasteiger partial charge in [-0.05, 0) is 66.1 Å². The summed E-state index contributed by atoms with van der Waals surface area (Å²) >= 11 is 0. The standard InChI is InChI=1S/C32H32FN3O6S/c33-26-12-14-27(15-13-26)35-43(40,41)29-18-16-28(17-19-29)42-23-30(38)36(22-24-8-3-1-4-9-24)31(25-10-5-2-6-11-25)32(39)34-20-7-21-37/h1-6,8-19,31,35,37H,7,20-23H2,(H,34,39). The molecule has 0 spiro atoms. The first kappa shape index (κ1) is 31.2. The molecule has 9 nitrogen and oxygen atoms in total. The molecule has 0 aliphatic rings. The van der Waals surface area contributed by atoms with Gasteiger partial charge in [-0.3, -0.25) is 14.3 Å². The molecule has 0 saturated carbocycles. The number of carbonyl (C=O) groups is 2. The van der Waals surface area contributed by atoms with E-state index in [1.54, 1.807) is 24.3 Å².